The summed E-state index contributed by atoms with van der Waals surface area (Å²) in [6.07, 6.45) is 4.84. The fraction of sp³-hybridized carbons (Fsp3) is 0.0435. The van der Waals surface area contributed by atoms with E-state index < -0.39 is 11.9 Å². The normalized spacial score (nSPS) is 16.3. The summed E-state index contributed by atoms with van der Waals surface area (Å²) in [6, 6.07) is 11.9. The number of pyridine rings is 1. The predicted octanol–water partition coefficient (Wildman–Crippen LogP) is 4.04. The largest absolute Gasteiger partial charge is 0.493 e. The van der Waals surface area contributed by atoms with E-state index in [0.29, 0.717) is 26.4 Å². The van der Waals surface area contributed by atoms with Gasteiger partial charge in [0.2, 0.25) is 5.17 Å². The van der Waals surface area contributed by atoms with Gasteiger partial charge in [-0.05, 0) is 59.1 Å². The maximum atomic E-state index is 12.7. The van der Waals surface area contributed by atoms with Gasteiger partial charge < -0.3 is 9.47 Å². The van der Waals surface area contributed by atoms with Crippen LogP contribution >= 0.6 is 23.1 Å². The van der Waals surface area contributed by atoms with Gasteiger partial charge in [-0.1, -0.05) is 12.1 Å². The van der Waals surface area contributed by atoms with Crippen molar-refractivity contribution < 1.29 is 19.1 Å². The molecule has 34 heavy (non-hydrogen) atoms. The molecule has 0 fully saturated rings. The Morgan fingerprint density at radius 3 is 2.79 bits per heavy atom. The average Bonchev–Trinajstić information content (AvgIpc) is 3.54. The molecule has 9 nitrogen and oxygen atoms in total. The van der Waals surface area contributed by atoms with Crippen LogP contribution in [-0.2, 0) is 4.79 Å². The second kappa shape index (κ2) is 9.04. The molecule has 11 heteroatoms. The number of amides is 1. The van der Waals surface area contributed by atoms with E-state index >= 15 is 0 Å². The molecule has 2 aliphatic rings. The maximum absolute atomic E-state index is 12.7. The molecule has 0 unspecified atom stereocenters. The quantitative estimate of drug-likeness (QED) is 0.327. The summed E-state index contributed by atoms with van der Waals surface area (Å²) in [5.74, 6) is -0.562. The van der Waals surface area contributed by atoms with Gasteiger partial charge in [0.25, 0.3) is 5.91 Å². The molecule has 4 heterocycles. The number of fused-ring (bicyclic) bond motifs is 1. The highest BCUT2D eigenvalue weighted by molar-refractivity contribution is 8.27. The number of rotatable bonds is 5. The molecular formula is C23H15N5O4S2. The van der Waals surface area contributed by atoms with Crippen LogP contribution in [0.4, 0.5) is 0 Å². The number of nitrogens with zero attached hydrogens (tertiary/aromatic N) is 4. The third-order valence-electron chi connectivity index (χ3n) is 4.79. The van der Waals surface area contributed by atoms with Crippen molar-refractivity contribution in [2.75, 3.05) is 7.11 Å². The number of thioether (sulfide) groups is 1. The number of nitrogens with one attached hydrogen (secondary N) is 1. The first-order valence-electron chi connectivity index (χ1n) is 9.88. The van der Waals surface area contributed by atoms with E-state index in [9.17, 15) is 9.59 Å². The van der Waals surface area contributed by atoms with Crippen LogP contribution in [-0.4, -0.2) is 45.0 Å². The van der Waals surface area contributed by atoms with Gasteiger partial charge >= 0.3 is 5.97 Å². The lowest BCUT2D eigenvalue weighted by Crippen LogP contribution is -2.35. The summed E-state index contributed by atoms with van der Waals surface area (Å²) in [4.78, 5) is 33.6. The third kappa shape index (κ3) is 4.14. The third-order valence-corrected chi connectivity index (χ3v) is 6.59. The Morgan fingerprint density at radius 2 is 2.06 bits per heavy atom. The fourth-order valence-corrected chi connectivity index (χ4v) is 4.65. The number of hydrogen-bond donors (Lipinski definition) is 1. The van der Waals surface area contributed by atoms with Crippen LogP contribution in [0, 0.1) is 5.41 Å². The van der Waals surface area contributed by atoms with Crippen molar-refractivity contribution >= 4 is 57.1 Å². The van der Waals surface area contributed by atoms with Gasteiger partial charge in [0.1, 0.15) is 9.92 Å². The number of hydrogen-bond acceptors (Lipinski definition) is 9. The Bertz CT molecular complexity index is 1400. The molecule has 1 amide bonds. The van der Waals surface area contributed by atoms with Gasteiger partial charge in [-0.25, -0.2) is 4.79 Å². The molecule has 1 N–H and O–H groups in total. The lowest BCUT2D eigenvalue weighted by atomic mass is 10.1. The van der Waals surface area contributed by atoms with E-state index in [0.717, 1.165) is 5.56 Å². The highest BCUT2D eigenvalue weighted by Crippen LogP contribution is 2.33. The zero-order valence-electron chi connectivity index (χ0n) is 17.6. The Balaban J connectivity index is 1.41. The summed E-state index contributed by atoms with van der Waals surface area (Å²) in [6.45, 7) is 0. The Labute approximate surface area is 202 Å². The highest BCUT2D eigenvalue weighted by Gasteiger charge is 2.36. The summed E-state index contributed by atoms with van der Waals surface area (Å²) in [5.41, 5.74) is 1.42. The van der Waals surface area contributed by atoms with Crippen LogP contribution in [0.1, 0.15) is 20.8 Å². The van der Waals surface area contributed by atoms with Crippen molar-refractivity contribution in [3.05, 3.63) is 81.8 Å². The van der Waals surface area contributed by atoms with Crippen molar-refractivity contribution in [1.82, 2.24) is 9.99 Å². The van der Waals surface area contributed by atoms with Gasteiger partial charge in [-0.2, -0.15) is 15.1 Å². The average molecular weight is 490 g/mol. The van der Waals surface area contributed by atoms with Gasteiger partial charge in [0, 0.05) is 18.0 Å². The number of esters is 1. The molecule has 0 saturated carbocycles. The SMILES string of the molecule is COc1cc(/C=C2/C(=N)N3N=C(c4cccnc4)SC3=NC2=O)ccc1OC(=O)c1cccs1. The van der Waals surface area contributed by atoms with Gasteiger partial charge in [-0.3, -0.25) is 15.2 Å². The minimum absolute atomic E-state index is 0.0749. The lowest BCUT2D eigenvalue weighted by molar-refractivity contribution is -0.114. The van der Waals surface area contributed by atoms with Crippen LogP contribution in [0.25, 0.3) is 6.08 Å². The number of thiophene rings is 1. The van der Waals surface area contributed by atoms with Crippen LogP contribution in [0.3, 0.4) is 0 Å². The van der Waals surface area contributed by atoms with Crippen molar-refractivity contribution in [2.45, 2.75) is 0 Å². The molecule has 168 valence electrons. The number of methoxy groups -OCH3 is 1. The molecule has 0 atom stereocenters. The summed E-state index contributed by atoms with van der Waals surface area (Å²) in [7, 11) is 1.45. The minimum atomic E-state index is -0.543. The number of carbonyl (C=O) groups excluding carboxylic acids is 2. The number of benzene rings is 1. The lowest BCUT2D eigenvalue weighted by Gasteiger charge is -2.20. The predicted molar refractivity (Wildman–Crippen MR) is 131 cm³/mol. The first-order chi connectivity index (χ1) is 16.5. The zero-order valence-corrected chi connectivity index (χ0v) is 19.2. The maximum Gasteiger partial charge on any atom is 0.353 e. The summed E-state index contributed by atoms with van der Waals surface area (Å²) in [5, 5.41) is 17.0. The van der Waals surface area contributed by atoms with Crippen molar-refractivity contribution in [2.24, 2.45) is 10.1 Å². The molecule has 2 aromatic heterocycles. The smallest absolute Gasteiger partial charge is 0.353 e. The van der Waals surface area contributed by atoms with E-state index in [-0.39, 0.29) is 17.2 Å². The van der Waals surface area contributed by atoms with Gasteiger partial charge in [0.05, 0.1) is 12.7 Å². The number of ether oxygens (including phenoxy) is 2. The standard InChI is InChI=1S/C23H15N5O4S2/c1-31-17-11-13(6-7-16(17)32-22(30)18-5-3-9-33-18)10-15-19(24)28-23(26-20(15)29)34-21(27-28)14-4-2-8-25-12-14/h2-12,24H,1H3/b15-10-,24-19?. The van der Waals surface area contributed by atoms with E-state index in [1.54, 1.807) is 54.2 Å². The van der Waals surface area contributed by atoms with E-state index in [1.807, 2.05) is 6.07 Å². The van der Waals surface area contributed by atoms with Crippen LogP contribution in [0.2, 0.25) is 0 Å². The Morgan fingerprint density at radius 1 is 1.18 bits per heavy atom. The second-order valence-electron chi connectivity index (χ2n) is 6.94. The second-order valence-corrected chi connectivity index (χ2v) is 8.85. The first-order valence-corrected chi connectivity index (χ1v) is 11.6. The minimum Gasteiger partial charge on any atom is -0.493 e. The number of aliphatic imine (C=N–C) groups is 1. The molecule has 3 aromatic rings. The molecule has 0 radical (unpaired) electrons. The Kier molecular flexibility index (Phi) is 5.78. The molecule has 5 rings (SSSR count). The fourth-order valence-electron chi connectivity index (χ4n) is 3.17. The molecule has 1 aromatic carbocycles. The topological polar surface area (TPSA) is 117 Å². The van der Waals surface area contributed by atoms with E-state index in [4.69, 9.17) is 14.9 Å². The van der Waals surface area contributed by atoms with Crippen LogP contribution in [0.5, 0.6) is 11.5 Å². The van der Waals surface area contributed by atoms with E-state index in [1.165, 1.54) is 41.3 Å². The monoisotopic (exact) mass is 489 g/mol. The number of aromatic nitrogens is 1. The molecule has 0 bridgehead atoms. The summed E-state index contributed by atoms with van der Waals surface area (Å²) >= 11 is 2.48. The van der Waals surface area contributed by atoms with Crippen molar-refractivity contribution in [1.29, 1.82) is 5.41 Å². The van der Waals surface area contributed by atoms with Crippen molar-refractivity contribution in [3.63, 3.8) is 0 Å². The molecule has 0 aliphatic carbocycles. The van der Waals surface area contributed by atoms with Gasteiger partial charge in [-0.15, -0.1) is 11.3 Å². The van der Waals surface area contributed by atoms with Crippen molar-refractivity contribution in [3.8, 4) is 11.5 Å². The molecule has 0 saturated heterocycles. The van der Waals surface area contributed by atoms with Crippen LogP contribution in [0.15, 0.2) is 75.9 Å². The Hall–Kier alpha value is -4.09. The number of carbonyl (C=O) groups is 2. The number of amidine groups is 2. The molecule has 2 aliphatic heterocycles. The summed E-state index contributed by atoms with van der Waals surface area (Å²) < 4.78 is 10.8. The first kappa shape index (κ1) is 21.7. The zero-order chi connectivity index (χ0) is 23.7. The number of hydrazone groups is 1. The molecule has 0 spiro atoms. The van der Waals surface area contributed by atoms with E-state index in [2.05, 4.69) is 15.1 Å². The highest BCUT2D eigenvalue weighted by atomic mass is 32.2. The molecular weight excluding hydrogens is 474 g/mol. The van der Waals surface area contributed by atoms with Crippen LogP contribution < -0.4 is 9.47 Å². The van der Waals surface area contributed by atoms with Gasteiger partial charge in [0.15, 0.2) is 17.3 Å².